The molecule has 3 aromatic rings. The number of fused-ring (bicyclic) bond motifs is 1. The maximum atomic E-state index is 12.4. The molecular weight excluding hydrogens is 392 g/mol. The van der Waals surface area contributed by atoms with Crippen molar-refractivity contribution in [2.75, 3.05) is 5.32 Å². The topological polar surface area (TPSA) is 102 Å². The number of rotatable bonds is 3. The number of nitrogens with one attached hydrogen (secondary N) is 1. The molecule has 1 amide bonds. The van der Waals surface area contributed by atoms with E-state index in [9.17, 15) is 19.7 Å². The predicted octanol–water partition coefficient (Wildman–Crippen LogP) is 4.02. The van der Waals surface area contributed by atoms with Gasteiger partial charge in [-0.15, -0.1) is 0 Å². The number of nitro groups is 1. The zero-order valence-corrected chi connectivity index (χ0v) is 14.5. The van der Waals surface area contributed by atoms with Crippen LogP contribution < -0.4 is 10.7 Å². The molecule has 1 N–H and O–H groups in total. The number of anilines is 1. The lowest BCUT2D eigenvalue weighted by atomic mass is 10.1. The van der Waals surface area contributed by atoms with E-state index >= 15 is 0 Å². The molecule has 0 spiro atoms. The second-order valence-electron chi connectivity index (χ2n) is 5.30. The summed E-state index contributed by atoms with van der Waals surface area (Å²) in [4.78, 5) is 34.8. The number of aryl methyl sites for hydroxylation is 1. The highest BCUT2D eigenvalue weighted by Gasteiger charge is 2.16. The van der Waals surface area contributed by atoms with Crippen LogP contribution in [0.15, 0.2) is 56.1 Å². The Balaban J connectivity index is 1.97. The smallest absolute Gasteiger partial charge is 0.291 e. The first-order valence-corrected chi connectivity index (χ1v) is 7.95. The Bertz CT molecular complexity index is 1070. The zero-order chi connectivity index (χ0) is 18.1. The van der Waals surface area contributed by atoms with E-state index in [1.807, 2.05) is 0 Å². The highest BCUT2D eigenvalue weighted by atomic mass is 79.9. The Kier molecular flexibility index (Phi) is 4.37. The van der Waals surface area contributed by atoms with Gasteiger partial charge >= 0.3 is 0 Å². The summed E-state index contributed by atoms with van der Waals surface area (Å²) in [5.41, 5.74) is 0.974. The number of para-hydroxylation sites is 1. The van der Waals surface area contributed by atoms with Crippen LogP contribution in [0.25, 0.3) is 11.0 Å². The van der Waals surface area contributed by atoms with Gasteiger partial charge in [0.15, 0.2) is 11.2 Å². The molecule has 8 heteroatoms. The molecule has 1 aromatic heterocycles. The first-order valence-electron chi connectivity index (χ1n) is 7.15. The van der Waals surface area contributed by atoms with Crippen molar-refractivity contribution in [3.8, 4) is 0 Å². The van der Waals surface area contributed by atoms with Crippen LogP contribution in [0.3, 0.4) is 0 Å². The molecular formula is C17H11BrN2O5. The summed E-state index contributed by atoms with van der Waals surface area (Å²) in [6.45, 7) is 1.78. The number of benzene rings is 2. The summed E-state index contributed by atoms with van der Waals surface area (Å²) in [7, 11) is 0. The van der Waals surface area contributed by atoms with Crippen LogP contribution in [0.2, 0.25) is 0 Å². The fraction of sp³-hybridized carbons (Fsp3) is 0.0588. The third-order valence-electron chi connectivity index (χ3n) is 3.59. The van der Waals surface area contributed by atoms with Gasteiger partial charge in [0.1, 0.15) is 5.58 Å². The Hall–Kier alpha value is -3.00. The molecule has 2 aromatic carbocycles. The molecule has 0 radical (unpaired) electrons. The Morgan fingerprint density at radius 3 is 2.68 bits per heavy atom. The molecule has 0 aliphatic heterocycles. The van der Waals surface area contributed by atoms with Gasteiger partial charge in [-0.3, -0.25) is 19.7 Å². The van der Waals surface area contributed by atoms with Crippen molar-refractivity contribution >= 4 is 44.2 Å². The van der Waals surface area contributed by atoms with E-state index in [2.05, 4.69) is 21.2 Å². The van der Waals surface area contributed by atoms with Gasteiger partial charge in [0, 0.05) is 22.7 Å². The minimum atomic E-state index is -0.628. The van der Waals surface area contributed by atoms with Crippen LogP contribution >= 0.6 is 15.9 Å². The third kappa shape index (κ3) is 3.29. The van der Waals surface area contributed by atoms with E-state index < -0.39 is 10.8 Å². The largest absolute Gasteiger partial charge is 0.450 e. The summed E-state index contributed by atoms with van der Waals surface area (Å²) in [6, 6.07) is 10.2. The summed E-state index contributed by atoms with van der Waals surface area (Å²) in [6.07, 6.45) is 0. The van der Waals surface area contributed by atoms with Crippen molar-refractivity contribution in [2.45, 2.75) is 6.92 Å². The van der Waals surface area contributed by atoms with E-state index in [-0.39, 0.29) is 16.9 Å². The standard InChI is InChI=1S/C17H11BrN2O5/c1-9-3-2-4-11-14(21)8-15(25-16(9)11)17(22)19-13-6-5-10(20(23)24)7-12(13)18/h2-8H,1H3,(H,19,22). The molecule has 0 unspecified atom stereocenters. The predicted molar refractivity (Wildman–Crippen MR) is 96.0 cm³/mol. The van der Waals surface area contributed by atoms with Crippen LogP contribution in [-0.4, -0.2) is 10.8 Å². The van der Waals surface area contributed by atoms with Gasteiger partial charge in [-0.05, 0) is 40.5 Å². The van der Waals surface area contributed by atoms with E-state index in [0.29, 0.717) is 21.1 Å². The summed E-state index contributed by atoms with van der Waals surface area (Å²) >= 11 is 3.17. The van der Waals surface area contributed by atoms with Crippen molar-refractivity contribution < 1.29 is 14.1 Å². The first kappa shape index (κ1) is 16.8. The van der Waals surface area contributed by atoms with Gasteiger partial charge < -0.3 is 9.73 Å². The number of nitro benzene ring substituents is 1. The molecule has 0 saturated heterocycles. The van der Waals surface area contributed by atoms with E-state index in [1.54, 1.807) is 25.1 Å². The van der Waals surface area contributed by atoms with E-state index in [4.69, 9.17) is 4.42 Å². The lowest BCUT2D eigenvalue weighted by Crippen LogP contribution is -2.15. The molecule has 0 aliphatic rings. The lowest BCUT2D eigenvalue weighted by Gasteiger charge is -2.08. The third-order valence-corrected chi connectivity index (χ3v) is 4.24. The summed E-state index contributed by atoms with van der Waals surface area (Å²) in [5.74, 6) is -0.770. The zero-order valence-electron chi connectivity index (χ0n) is 12.9. The maximum absolute atomic E-state index is 12.4. The van der Waals surface area contributed by atoms with Crippen molar-refractivity contribution in [1.82, 2.24) is 0 Å². The van der Waals surface area contributed by atoms with Gasteiger partial charge in [0.2, 0.25) is 0 Å². The molecule has 0 saturated carbocycles. The van der Waals surface area contributed by atoms with Crippen molar-refractivity contribution in [3.05, 3.63) is 78.6 Å². The van der Waals surface area contributed by atoms with Gasteiger partial charge in [0.25, 0.3) is 11.6 Å². The molecule has 0 aliphatic carbocycles. The van der Waals surface area contributed by atoms with Crippen LogP contribution in [-0.2, 0) is 0 Å². The monoisotopic (exact) mass is 402 g/mol. The molecule has 126 valence electrons. The second kappa shape index (κ2) is 6.48. The highest BCUT2D eigenvalue weighted by molar-refractivity contribution is 9.10. The molecule has 0 bridgehead atoms. The van der Waals surface area contributed by atoms with Crippen molar-refractivity contribution in [2.24, 2.45) is 0 Å². The number of amides is 1. The number of carbonyl (C=O) groups excluding carboxylic acids is 1. The van der Waals surface area contributed by atoms with Crippen molar-refractivity contribution in [3.63, 3.8) is 0 Å². The minimum Gasteiger partial charge on any atom is -0.450 e. The maximum Gasteiger partial charge on any atom is 0.291 e. The summed E-state index contributed by atoms with van der Waals surface area (Å²) in [5, 5.41) is 13.7. The number of halogens is 1. The lowest BCUT2D eigenvalue weighted by molar-refractivity contribution is -0.384. The first-order chi connectivity index (χ1) is 11.9. The van der Waals surface area contributed by atoms with Crippen molar-refractivity contribution in [1.29, 1.82) is 0 Å². The number of carbonyl (C=O) groups is 1. The highest BCUT2D eigenvalue weighted by Crippen LogP contribution is 2.27. The van der Waals surface area contributed by atoms with Gasteiger partial charge in [0.05, 0.1) is 16.0 Å². The SMILES string of the molecule is Cc1cccc2c(=O)cc(C(=O)Nc3ccc([N+](=O)[O-])cc3Br)oc12. The summed E-state index contributed by atoms with van der Waals surface area (Å²) < 4.78 is 5.92. The average molecular weight is 403 g/mol. The number of hydrogen-bond acceptors (Lipinski definition) is 5. The number of hydrogen-bond donors (Lipinski definition) is 1. The van der Waals surface area contributed by atoms with Gasteiger partial charge in [-0.2, -0.15) is 0 Å². The number of non-ortho nitro benzene ring substituents is 1. The fourth-order valence-corrected chi connectivity index (χ4v) is 2.80. The van der Waals surface area contributed by atoms with Crippen LogP contribution in [0.1, 0.15) is 16.1 Å². The van der Waals surface area contributed by atoms with Gasteiger partial charge in [-0.1, -0.05) is 12.1 Å². The van der Waals surface area contributed by atoms with Crippen LogP contribution in [0.5, 0.6) is 0 Å². The average Bonchev–Trinajstić information content (AvgIpc) is 2.57. The molecule has 3 rings (SSSR count). The normalized spacial score (nSPS) is 10.6. The molecule has 25 heavy (non-hydrogen) atoms. The minimum absolute atomic E-state index is 0.113. The van der Waals surface area contributed by atoms with Crippen LogP contribution in [0, 0.1) is 17.0 Å². The quantitative estimate of drug-likeness (QED) is 0.526. The Morgan fingerprint density at radius 1 is 1.24 bits per heavy atom. The fourth-order valence-electron chi connectivity index (χ4n) is 2.33. The molecule has 1 heterocycles. The van der Waals surface area contributed by atoms with E-state index in [1.165, 1.54) is 18.2 Å². The van der Waals surface area contributed by atoms with E-state index in [0.717, 1.165) is 11.6 Å². The molecule has 0 fully saturated rings. The Labute approximate surface area is 149 Å². The number of nitrogens with zero attached hydrogens (tertiary/aromatic N) is 1. The Morgan fingerprint density at radius 2 is 2.00 bits per heavy atom. The molecule has 7 nitrogen and oxygen atoms in total. The van der Waals surface area contributed by atoms with Crippen LogP contribution in [0.4, 0.5) is 11.4 Å². The van der Waals surface area contributed by atoms with Gasteiger partial charge in [-0.25, -0.2) is 0 Å². The molecule has 0 atom stereocenters. The second-order valence-corrected chi connectivity index (χ2v) is 6.16.